The number of hydrogen-bond donors (Lipinski definition) is 0. The van der Waals surface area contributed by atoms with Crippen molar-refractivity contribution in [1.82, 2.24) is 9.91 Å². The van der Waals surface area contributed by atoms with Crippen molar-refractivity contribution in [3.05, 3.63) is 71.3 Å². The van der Waals surface area contributed by atoms with Gasteiger partial charge in [0.25, 0.3) is 0 Å². The summed E-state index contributed by atoms with van der Waals surface area (Å²) in [7, 11) is 0. The molecule has 0 saturated carbocycles. The highest BCUT2D eigenvalue weighted by atomic mass is 19.1. The summed E-state index contributed by atoms with van der Waals surface area (Å²) in [5, 5.41) is 5.83. The molecule has 8 heteroatoms. The zero-order valence-corrected chi connectivity index (χ0v) is 18.2. The predicted molar refractivity (Wildman–Crippen MR) is 119 cm³/mol. The van der Waals surface area contributed by atoms with Gasteiger partial charge in [-0.15, -0.1) is 0 Å². The Bertz CT molecular complexity index is 1080. The molecule has 2 aromatic rings. The van der Waals surface area contributed by atoms with Crippen LogP contribution in [0.5, 0.6) is 0 Å². The molecule has 0 spiro atoms. The van der Waals surface area contributed by atoms with E-state index < -0.39 is 23.3 Å². The third kappa shape index (κ3) is 5.32. The van der Waals surface area contributed by atoms with Gasteiger partial charge in [-0.25, -0.2) is 13.8 Å². The van der Waals surface area contributed by atoms with Crippen LogP contribution in [0, 0.1) is 17.6 Å². The molecule has 0 bridgehead atoms. The molecule has 1 fully saturated rings. The summed E-state index contributed by atoms with van der Waals surface area (Å²) in [5.74, 6) is -2.63. The molecule has 0 radical (unpaired) electrons. The number of Topliss-reactive ketones (excluding diaryl/α,β-unsaturated/α-hetero) is 1. The van der Waals surface area contributed by atoms with Crippen molar-refractivity contribution in [1.29, 1.82) is 0 Å². The normalized spacial score (nSPS) is 16.6. The molecule has 4 rings (SSSR count). The Morgan fingerprint density at radius 3 is 2.33 bits per heavy atom. The molecule has 172 valence electrons. The standard InChI is InChI=1S/C25H25F2N3O3/c26-19-6-7-21(27)20(16-19)25(33)18-10-13-29(14-11-18)23(31)8-9-24(32)30-15-12-22(28-30)17-4-2-1-3-5-17/h1-7,16,18H,8-15H2. The first-order chi connectivity index (χ1) is 15.9. The van der Waals surface area contributed by atoms with Gasteiger partial charge >= 0.3 is 0 Å². The fraction of sp³-hybridized carbons (Fsp3) is 0.360. The molecule has 0 unspecified atom stereocenters. The van der Waals surface area contributed by atoms with Crippen molar-refractivity contribution >= 4 is 23.3 Å². The fourth-order valence-electron chi connectivity index (χ4n) is 4.27. The van der Waals surface area contributed by atoms with Crippen LogP contribution in [0.2, 0.25) is 0 Å². The van der Waals surface area contributed by atoms with Crippen LogP contribution in [0.25, 0.3) is 0 Å². The fourth-order valence-corrected chi connectivity index (χ4v) is 4.27. The highest BCUT2D eigenvalue weighted by Gasteiger charge is 2.30. The third-order valence-corrected chi connectivity index (χ3v) is 6.16. The van der Waals surface area contributed by atoms with Gasteiger partial charge in [-0.3, -0.25) is 14.4 Å². The summed E-state index contributed by atoms with van der Waals surface area (Å²) in [6.45, 7) is 1.20. The van der Waals surface area contributed by atoms with Crippen LogP contribution in [0.15, 0.2) is 53.6 Å². The largest absolute Gasteiger partial charge is 0.343 e. The lowest BCUT2D eigenvalue weighted by molar-refractivity contribution is -0.137. The average molecular weight is 453 g/mol. The highest BCUT2D eigenvalue weighted by molar-refractivity contribution is 6.02. The summed E-state index contributed by atoms with van der Waals surface area (Å²) in [5.41, 5.74) is 1.60. The molecule has 1 saturated heterocycles. The number of likely N-dealkylation sites (tertiary alicyclic amines) is 1. The van der Waals surface area contributed by atoms with Gasteiger partial charge in [-0.2, -0.15) is 5.10 Å². The van der Waals surface area contributed by atoms with Gasteiger partial charge in [-0.1, -0.05) is 30.3 Å². The van der Waals surface area contributed by atoms with Gasteiger partial charge in [0, 0.05) is 38.3 Å². The summed E-state index contributed by atoms with van der Waals surface area (Å²) in [6, 6.07) is 12.5. The lowest BCUT2D eigenvalue weighted by Gasteiger charge is -2.31. The zero-order valence-electron chi connectivity index (χ0n) is 18.2. The van der Waals surface area contributed by atoms with Crippen LogP contribution >= 0.6 is 0 Å². The molecule has 2 aromatic carbocycles. The molecule has 0 atom stereocenters. The van der Waals surface area contributed by atoms with E-state index in [2.05, 4.69) is 5.10 Å². The highest BCUT2D eigenvalue weighted by Crippen LogP contribution is 2.24. The van der Waals surface area contributed by atoms with Gasteiger partial charge < -0.3 is 4.90 Å². The molecular formula is C25H25F2N3O3. The average Bonchev–Trinajstić information content (AvgIpc) is 3.34. The van der Waals surface area contributed by atoms with Crippen LogP contribution < -0.4 is 0 Å². The molecule has 0 aliphatic carbocycles. The first-order valence-corrected chi connectivity index (χ1v) is 11.1. The van der Waals surface area contributed by atoms with Crippen LogP contribution in [0.4, 0.5) is 8.78 Å². The number of benzene rings is 2. The van der Waals surface area contributed by atoms with Crippen molar-refractivity contribution < 1.29 is 23.2 Å². The van der Waals surface area contributed by atoms with Crippen molar-refractivity contribution in [2.75, 3.05) is 19.6 Å². The second-order valence-electron chi connectivity index (χ2n) is 8.32. The van der Waals surface area contributed by atoms with E-state index in [1.165, 1.54) is 5.01 Å². The first kappa shape index (κ1) is 22.8. The number of carbonyl (C=O) groups excluding carboxylic acids is 3. The minimum absolute atomic E-state index is 0.0672. The molecule has 6 nitrogen and oxygen atoms in total. The number of nitrogens with zero attached hydrogens (tertiary/aromatic N) is 3. The molecular weight excluding hydrogens is 428 g/mol. The number of piperidine rings is 1. The molecule has 2 aliphatic rings. The lowest BCUT2D eigenvalue weighted by atomic mass is 9.88. The minimum atomic E-state index is -0.738. The van der Waals surface area contributed by atoms with Gasteiger partial charge in [0.15, 0.2) is 5.78 Å². The molecule has 33 heavy (non-hydrogen) atoms. The Labute approximate surface area is 190 Å². The number of hydrogen-bond acceptors (Lipinski definition) is 4. The number of carbonyl (C=O) groups is 3. The number of halogens is 2. The predicted octanol–water partition coefficient (Wildman–Crippen LogP) is 3.80. The van der Waals surface area contributed by atoms with Gasteiger partial charge in [0.05, 0.1) is 17.8 Å². The summed E-state index contributed by atoms with van der Waals surface area (Å²) >= 11 is 0. The van der Waals surface area contributed by atoms with Crippen molar-refractivity contribution in [2.45, 2.75) is 32.1 Å². The van der Waals surface area contributed by atoms with Crippen molar-refractivity contribution in [3.63, 3.8) is 0 Å². The summed E-state index contributed by atoms with van der Waals surface area (Å²) in [6.07, 6.45) is 1.58. The maximum absolute atomic E-state index is 13.9. The number of hydrazone groups is 1. The first-order valence-electron chi connectivity index (χ1n) is 11.1. The van der Waals surface area contributed by atoms with E-state index in [1.54, 1.807) is 4.90 Å². The van der Waals surface area contributed by atoms with Crippen LogP contribution in [0.3, 0.4) is 0 Å². The second-order valence-corrected chi connectivity index (χ2v) is 8.32. The van der Waals surface area contributed by atoms with E-state index in [1.807, 2.05) is 30.3 Å². The Morgan fingerprint density at radius 1 is 0.909 bits per heavy atom. The number of amides is 2. The van der Waals surface area contributed by atoms with E-state index in [0.29, 0.717) is 38.9 Å². The lowest BCUT2D eigenvalue weighted by Crippen LogP contribution is -2.40. The monoisotopic (exact) mass is 453 g/mol. The van der Waals surface area contributed by atoms with E-state index >= 15 is 0 Å². The Hall–Kier alpha value is -3.42. The molecule has 2 amide bonds. The molecule has 2 aliphatic heterocycles. The summed E-state index contributed by atoms with van der Waals surface area (Å²) < 4.78 is 27.3. The summed E-state index contributed by atoms with van der Waals surface area (Å²) in [4.78, 5) is 39.3. The quantitative estimate of drug-likeness (QED) is 0.625. The molecule has 2 heterocycles. The van der Waals surface area contributed by atoms with Crippen LogP contribution in [-0.2, 0) is 9.59 Å². The van der Waals surface area contributed by atoms with Gasteiger partial charge in [0.2, 0.25) is 11.8 Å². The van der Waals surface area contributed by atoms with Crippen LogP contribution in [0.1, 0.15) is 48.0 Å². The maximum Gasteiger partial charge on any atom is 0.243 e. The Balaban J connectivity index is 1.25. The topological polar surface area (TPSA) is 70.1 Å². The zero-order chi connectivity index (χ0) is 23.4. The van der Waals surface area contributed by atoms with E-state index in [0.717, 1.165) is 29.5 Å². The van der Waals surface area contributed by atoms with E-state index in [4.69, 9.17) is 0 Å². The van der Waals surface area contributed by atoms with E-state index in [9.17, 15) is 23.2 Å². The van der Waals surface area contributed by atoms with E-state index in [-0.39, 0.29) is 30.2 Å². The number of ketones is 1. The second kappa shape index (κ2) is 10.0. The minimum Gasteiger partial charge on any atom is -0.343 e. The molecule has 0 aromatic heterocycles. The number of rotatable bonds is 6. The van der Waals surface area contributed by atoms with Crippen molar-refractivity contribution in [3.8, 4) is 0 Å². The van der Waals surface area contributed by atoms with Gasteiger partial charge in [-0.05, 0) is 36.6 Å². The van der Waals surface area contributed by atoms with Gasteiger partial charge in [0.1, 0.15) is 11.6 Å². The smallest absolute Gasteiger partial charge is 0.243 e. The SMILES string of the molecule is O=C(c1cc(F)ccc1F)C1CCN(C(=O)CCC(=O)N2CCC(c3ccccc3)=N2)CC1. The molecule has 0 N–H and O–H groups in total. The maximum atomic E-state index is 13.9. The van der Waals surface area contributed by atoms with Crippen molar-refractivity contribution in [2.24, 2.45) is 11.0 Å². The Kier molecular flexibility index (Phi) is 6.91. The third-order valence-electron chi connectivity index (χ3n) is 6.16. The van der Waals surface area contributed by atoms with Crippen LogP contribution in [-0.4, -0.2) is 52.9 Å². The Morgan fingerprint density at radius 2 is 1.61 bits per heavy atom.